The summed E-state index contributed by atoms with van der Waals surface area (Å²) in [7, 11) is 0. The maximum absolute atomic E-state index is 4.07. The van der Waals surface area contributed by atoms with Gasteiger partial charge in [0.25, 0.3) is 0 Å². The first-order valence-electron chi connectivity index (χ1n) is 4.74. The number of hydrogen-bond donors (Lipinski definition) is 1. The first kappa shape index (κ1) is 8.91. The molecule has 2 rings (SSSR count). The van der Waals surface area contributed by atoms with Gasteiger partial charge in [-0.05, 0) is 38.4 Å². The monoisotopic (exact) mass is 194 g/mol. The molecule has 0 unspecified atom stereocenters. The van der Waals surface area contributed by atoms with Gasteiger partial charge in [0.1, 0.15) is 0 Å². The topological polar surface area (TPSA) is 24.9 Å². The Morgan fingerprint density at radius 1 is 1.38 bits per heavy atom. The van der Waals surface area contributed by atoms with E-state index >= 15 is 0 Å². The molecule has 1 fully saturated rings. The van der Waals surface area contributed by atoms with Gasteiger partial charge in [-0.1, -0.05) is 5.57 Å². The molecule has 3 heteroatoms. The highest BCUT2D eigenvalue weighted by Crippen LogP contribution is 2.18. The first-order valence-corrected chi connectivity index (χ1v) is 5.62. The Bertz CT molecular complexity index is 267. The fourth-order valence-corrected chi connectivity index (χ4v) is 2.18. The quantitative estimate of drug-likeness (QED) is 0.742. The molecule has 1 aliphatic rings. The van der Waals surface area contributed by atoms with Crippen molar-refractivity contribution < 1.29 is 0 Å². The third-order valence-electron chi connectivity index (χ3n) is 2.27. The third-order valence-corrected chi connectivity index (χ3v) is 2.99. The van der Waals surface area contributed by atoms with Gasteiger partial charge in [0, 0.05) is 11.1 Å². The number of aromatic nitrogens is 1. The van der Waals surface area contributed by atoms with E-state index in [0.29, 0.717) is 0 Å². The van der Waals surface area contributed by atoms with Crippen LogP contribution < -0.4 is 5.32 Å². The smallest absolute Gasteiger partial charge is 0.0797 e. The summed E-state index contributed by atoms with van der Waals surface area (Å²) in [6, 6.07) is 0. The van der Waals surface area contributed by atoms with Crippen LogP contribution in [-0.4, -0.2) is 18.1 Å². The molecular weight excluding hydrogens is 180 g/mol. The molecule has 1 saturated heterocycles. The summed E-state index contributed by atoms with van der Waals surface area (Å²) in [4.78, 5) is 5.36. The molecule has 13 heavy (non-hydrogen) atoms. The molecule has 0 aliphatic carbocycles. The van der Waals surface area contributed by atoms with E-state index < -0.39 is 0 Å². The van der Waals surface area contributed by atoms with E-state index in [-0.39, 0.29) is 0 Å². The lowest BCUT2D eigenvalue weighted by Crippen LogP contribution is -2.13. The number of nitrogens with one attached hydrogen (secondary N) is 1. The Hall–Kier alpha value is -0.670. The second-order valence-corrected chi connectivity index (χ2v) is 4.23. The average molecular weight is 194 g/mol. The van der Waals surface area contributed by atoms with Gasteiger partial charge in [0.2, 0.25) is 0 Å². The van der Waals surface area contributed by atoms with E-state index in [1.54, 1.807) is 16.9 Å². The SMILES string of the molecule is C(=C1/CCCNCC1)/c1cncs1. The Morgan fingerprint density at radius 2 is 2.38 bits per heavy atom. The number of rotatable bonds is 1. The highest BCUT2D eigenvalue weighted by molar-refractivity contribution is 7.10. The maximum atomic E-state index is 4.07. The highest BCUT2D eigenvalue weighted by atomic mass is 32.1. The lowest BCUT2D eigenvalue weighted by molar-refractivity contribution is 0.703. The molecule has 0 radical (unpaired) electrons. The number of thiazole rings is 1. The molecule has 0 saturated carbocycles. The van der Waals surface area contributed by atoms with Crippen molar-refractivity contribution in [2.24, 2.45) is 0 Å². The van der Waals surface area contributed by atoms with Crippen molar-refractivity contribution in [2.75, 3.05) is 13.1 Å². The summed E-state index contributed by atoms with van der Waals surface area (Å²) in [5, 5.41) is 3.40. The molecule has 0 aromatic carbocycles. The summed E-state index contributed by atoms with van der Waals surface area (Å²) < 4.78 is 0. The molecule has 0 amide bonds. The molecule has 1 aromatic rings. The summed E-state index contributed by atoms with van der Waals surface area (Å²) in [6.45, 7) is 2.30. The zero-order valence-corrected chi connectivity index (χ0v) is 8.44. The van der Waals surface area contributed by atoms with Crippen molar-refractivity contribution in [2.45, 2.75) is 19.3 Å². The molecule has 1 aromatic heterocycles. The molecule has 0 spiro atoms. The summed E-state index contributed by atoms with van der Waals surface area (Å²) in [6.07, 6.45) is 7.94. The predicted molar refractivity (Wildman–Crippen MR) is 56.8 cm³/mol. The molecular formula is C10H14N2S. The maximum Gasteiger partial charge on any atom is 0.0797 e. The Kier molecular flexibility index (Phi) is 3.11. The largest absolute Gasteiger partial charge is 0.316 e. The van der Waals surface area contributed by atoms with E-state index in [0.717, 1.165) is 6.54 Å². The van der Waals surface area contributed by atoms with Crippen LogP contribution in [0.4, 0.5) is 0 Å². The van der Waals surface area contributed by atoms with E-state index in [2.05, 4.69) is 16.4 Å². The minimum absolute atomic E-state index is 1.13. The van der Waals surface area contributed by atoms with Crippen LogP contribution in [-0.2, 0) is 0 Å². The van der Waals surface area contributed by atoms with Gasteiger partial charge in [-0.15, -0.1) is 11.3 Å². The van der Waals surface area contributed by atoms with Gasteiger partial charge in [-0.25, -0.2) is 0 Å². The summed E-state index contributed by atoms with van der Waals surface area (Å²) in [5.41, 5.74) is 3.45. The minimum atomic E-state index is 1.13. The average Bonchev–Trinajstić information content (AvgIpc) is 2.49. The Balaban J connectivity index is 2.05. The van der Waals surface area contributed by atoms with Gasteiger partial charge in [0.05, 0.1) is 5.51 Å². The molecule has 0 atom stereocenters. The number of hydrogen-bond acceptors (Lipinski definition) is 3. The fourth-order valence-electron chi connectivity index (χ4n) is 1.58. The van der Waals surface area contributed by atoms with Gasteiger partial charge in [-0.3, -0.25) is 4.98 Å². The van der Waals surface area contributed by atoms with Crippen LogP contribution in [0.5, 0.6) is 0 Å². The van der Waals surface area contributed by atoms with Crippen LogP contribution in [0.25, 0.3) is 6.08 Å². The van der Waals surface area contributed by atoms with Crippen molar-refractivity contribution in [1.29, 1.82) is 0 Å². The highest BCUT2D eigenvalue weighted by Gasteiger charge is 2.03. The zero-order valence-electron chi connectivity index (χ0n) is 7.62. The molecule has 0 bridgehead atoms. The van der Waals surface area contributed by atoms with Crippen LogP contribution in [0.3, 0.4) is 0 Å². The molecule has 2 nitrogen and oxygen atoms in total. The molecule has 1 aliphatic heterocycles. The van der Waals surface area contributed by atoms with Crippen LogP contribution in [0.1, 0.15) is 24.1 Å². The molecule has 2 heterocycles. The fraction of sp³-hybridized carbons (Fsp3) is 0.500. The normalized spacial score (nSPS) is 21.7. The van der Waals surface area contributed by atoms with Crippen molar-refractivity contribution in [1.82, 2.24) is 10.3 Å². The van der Waals surface area contributed by atoms with Crippen LogP contribution in [0, 0.1) is 0 Å². The van der Waals surface area contributed by atoms with Gasteiger partial charge >= 0.3 is 0 Å². The van der Waals surface area contributed by atoms with Crippen molar-refractivity contribution >= 4 is 17.4 Å². The summed E-state index contributed by atoms with van der Waals surface area (Å²) >= 11 is 1.72. The van der Waals surface area contributed by atoms with Crippen LogP contribution in [0.2, 0.25) is 0 Å². The summed E-state index contributed by atoms with van der Waals surface area (Å²) in [5.74, 6) is 0. The van der Waals surface area contributed by atoms with Crippen LogP contribution >= 0.6 is 11.3 Å². The minimum Gasteiger partial charge on any atom is -0.316 e. The third kappa shape index (κ3) is 2.64. The Labute approximate surface area is 82.7 Å². The van der Waals surface area contributed by atoms with Crippen LogP contribution in [0.15, 0.2) is 17.3 Å². The van der Waals surface area contributed by atoms with Crippen molar-refractivity contribution in [3.05, 3.63) is 22.2 Å². The molecule has 70 valence electrons. The van der Waals surface area contributed by atoms with E-state index in [4.69, 9.17) is 0 Å². The second kappa shape index (κ2) is 4.53. The lowest BCUT2D eigenvalue weighted by atomic mass is 10.1. The van der Waals surface area contributed by atoms with Gasteiger partial charge in [0.15, 0.2) is 0 Å². The predicted octanol–water partition coefficient (Wildman–Crippen LogP) is 2.30. The Morgan fingerprint density at radius 3 is 3.23 bits per heavy atom. The zero-order chi connectivity index (χ0) is 8.93. The lowest BCUT2D eigenvalue weighted by Gasteiger charge is -1.99. The van der Waals surface area contributed by atoms with Gasteiger partial charge < -0.3 is 5.32 Å². The standard InChI is InChI=1S/C10H14N2S/c1-2-9(3-5-11-4-1)6-10-7-12-8-13-10/h6-8,11H,1-5H2/b9-6+. The second-order valence-electron chi connectivity index (χ2n) is 3.31. The van der Waals surface area contributed by atoms with E-state index in [1.807, 2.05) is 11.7 Å². The van der Waals surface area contributed by atoms with E-state index in [9.17, 15) is 0 Å². The first-order chi connectivity index (χ1) is 6.45. The van der Waals surface area contributed by atoms with Crippen molar-refractivity contribution in [3.8, 4) is 0 Å². The van der Waals surface area contributed by atoms with Crippen molar-refractivity contribution in [3.63, 3.8) is 0 Å². The molecule has 1 N–H and O–H groups in total. The number of nitrogens with zero attached hydrogens (tertiary/aromatic N) is 1. The van der Waals surface area contributed by atoms with Gasteiger partial charge in [-0.2, -0.15) is 0 Å². The van der Waals surface area contributed by atoms with E-state index in [1.165, 1.54) is 30.7 Å².